The highest BCUT2D eigenvalue weighted by Crippen LogP contribution is 2.01. The fourth-order valence-corrected chi connectivity index (χ4v) is 1.28. The minimum atomic E-state index is 0.178. The number of hydrogen-bond acceptors (Lipinski definition) is 3. The number of aromatic nitrogens is 2. The summed E-state index contributed by atoms with van der Waals surface area (Å²) < 4.78 is 1.59. The van der Waals surface area contributed by atoms with Crippen LogP contribution in [0.4, 0.5) is 0 Å². The van der Waals surface area contributed by atoms with Crippen molar-refractivity contribution in [2.24, 2.45) is 0 Å². The van der Waals surface area contributed by atoms with Gasteiger partial charge in [0.2, 0.25) is 0 Å². The molecule has 4 nitrogen and oxygen atoms in total. The summed E-state index contributed by atoms with van der Waals surface area (Å²) in [5, 5.41) is 16.4. The Morgan fingerprint density at radius 3 is 3.07 bits per heavy atom. The van der Waals surface area contributed by atoms with Gasteiger partial charge in [-0.1, -0.05) is 0 Å². The van der Waals surface area contributed by atoms with Gasteiger partial charge in [-0.05, 0) is 24.6 Å². The molecule has 0 amide bonds. The Hall–Kier alpha value is -2.15. The molecule has 68 valence electrons. The summed E-state index contributed by atoms with van der Waals surface area (Å²) >= 11 is 0. The lowest BCUT2D eigenvalue weighted by atomic mass is 10.3. The monoisotopic (exact) mass is 184 g/mol. The average molecular weight is 184 g/mol. The standard InChI is InChI=1S/C10H8N4/c1-7-2-3-14-9(4-7)13-6-8(5-11)10(14)12/h2-4,6,12H,1H3. The Kier molecular flexibility index (Phi) is 1.79. The molecular formula is C10H8N4. The molecule has 0 aromatic carbocycles. The quantitative estimate of drug-likeness (QED) is 0.663. The molecule has 1 N–H and O–H groups in total. The SMILES string of the molecule is Cc1ccn2c(=N)c(C#N)cnc2c1. The second kappa shape index (κ2) is 2.96. The Morgan fingerprint density at radius 1 is 1.57 bits per heavy atom. The van der Waals surface area contributed by atoms with Crippen LogP contribution in [0.25, 0.3) is 5.65 Å². The van der Waals surface area contributed by atoms with Gasteiger partial charge in [0.25, 0.3) is 0 Å². The van der Waals surface area contributed by atoms with Gasteiger partial charge in [0, 0.05) is 6.20 Å². The molecule has 14 heavy (non-hydrogen) atoms. The molecule has 0 spiro atoms. The summed E-state index contributed by atoms with van der Waals surface area (Å²) in [4.78, 5) is 4.09. The largest absolute Gasteiger partial charge is 0.285 e. The van der Waals surface area contributed by atoms with E-state index in [1.807, 2.05) is 25.1 Å². The van der Waals surface area contributed by atoms with Crippen LogP contribution in [0, 0.1) is 23.7 Å². The van der Waals surface area contributed by atoms with Crippen molar-refractivity contribution in [2.45, 2.75) is 6.92 Å². The minimum Gasteiger partial charge on any atom is -0.285 e. The topological polar surface area (TPSA) is 64.9 Å². The second-order valence-electron chi connectivity index (χ2n) is 3.06. The molecule has 0 atom stereocenters. The van der Waals surface area contributed by atoms with E-state index in [0.29, 0.717) is 5.65 Å². The van der Waals surface area contributed by atoms with Crippen LogP contribution >= 0.6 is 0 Å². The Morgan fingerprint density at radius 2 is 2.36 bits per heavy atom. The van der Waals surface area contributed by atoms with E-state index < -0.39 is 0 Å². The maximum atomic E-state index is 8.71. The molecule has 0 aliphatic carbocycles. The molecule has 0 saturated carbocycles. The van der Waals surface area contributed by atoms with E-state index in [2.05, 4.69) is 4.98 Å². The third-order valence-corrected chi connectivity index (χ3v) is 2.03. The first-order valence-electron chi connectivity index (χ1n) is 4.15. The smallest absolute Gasteiger partial charge is 0.150 e. The van der Waals surface area contributed by atoms with Gasteiger partial charge in [0.1, 0.15) is 22.8 Å². The van der Waals surface area contributed by atoms with Crippen LogP contribution in [0.2, 0.25) is 0 Å². The van der Waals surface area contributed by atoms with Crippen molar-refractivity contribution < 1.29 is 0 Å². The van der Waals surface area contributed by atoms with Crippen molar-refractivity contribution in [3.05, 3.63) is 41.1 Å². The van der Waals surface area contributed by atoms with Gasteiger partial charge in [0.15, 0.2) is 0 Å². The zero-order valence-electron chi connectivity index (χ0n) is 7.65. The van der Waals surface area contributed by atoms with Crippen molar-refractivity contribution >= 4 is 5.65 Å². The number of nitrogens with zero attached hydrogens (tertiary/aromatic N) is 3. The van der Waals surface area contributed by atoms with E-state index >= 15 is 0 Å². The molecule has 0 fully saturated rings. The number of nitrogens with one attached hydrogen (secondary N) is 1. The van der Waals surface area contributed by atoms with Crippen molar-refractivity contribution in [1.82, 2.24) is 9.38 Å². The molecule has 0 aliphatic rings. The van der Waals surface area contributed by atoms with E-state index in [9.17, 15) is 0 Å². The van der Waals surface area contributed by atoms with Gasteiger partial charge in [-0.3, -0.25) is 9.81 Å². The Bertz CT molecular complexity index is 589. The fourth-order valence-electron chi connectivity index (χ4n) is 1.28. The zero-order chi connectivity index (χ0) is 10.1. The van der Waals surface area contributed by atoms with Crippen LogP contribution in [0.15, 0.2) is 24.5 Å². The summed E-state index contributed by atoms with van der Waals surface area (Å²) in [7, 11) is 0. The number of nitriles is 1. The molecule has 2 rings (SSSR count). The highest BCUT2D eigenvalue weighted by molar-refractivity contribution is 5.42. The Labute approximate surface area is 80.6 Å². The predicted octanol–water partition coefficient (Wildman–Crippen LogP) is 0.994. The lowest BCUT2D eigenvalue weighted by molar-refractivity contribution is 0.957. The summed E-state index contributed by atoms with van der Waals surface area (Å²) in [6.07, 6.45) is 3.18. The number of fused-ring (bicyclic) bond motifs is 1. The summed E-state index contributed by atoms with van der Waals surface area (Å²) in [5.41, 5.74) is 2.24. The van der Waals surface area contributed by atoms with Crippen molar-refractivity contribution in [1.29, 1.82) is 10.7 Å². The highest BCUT2D eigenvalue weighted by atomic mass is 15.0. The van der Waals surface area contributed by atoms with E-state index in [-0.39, 0.29) is 11.1 Å². The normalized spacial score (nSPS) is 10.0. The van der Waals surface area contributed by atoms with E-state index in [1.54, 1.807) is 10.6 Å². The molecular weight excluding hydrogens is 176 g/mol. The van der Waals surface area contributed by atoms with Gasteiger partial charge in [-0.25, -0.2) is 4.98 Å². The first-order valence-corrected chi connectivity index (χ1v) is 4.15. The lowest BCUT2D eigenvalue weighted by Gasteiger charge is -2.01. The van der Waals surface area contributed by atoms with Crippen molar-refractivity contribution in [3.63, 3.8) is 0 Å². The number of rotatable bonds is 0. The molecule has 2 aromatic rings. The van der Waals surface area contributed by atoms with Crippen LogP contribution in [-0.2, 0) is 0 Å². The van der Waals surface area contributed by atoms with Gasteiger partial charge in [-0.2, -0.15) is 5.26 Å². The number of pyridine rings is 1. The molecule has 4 heteroatoms. The molecule has 0 saturated heterocycles. The fraction of sp³-hybridized carbons (Fsp3) is 0.100. The van der Waals surface area contributed by atoms with Crippen LogP contribution in [0.3, 0.4) is 0 Å². The van der Waals surface area contributed by atoms with Crippen LogP contribution < -0.4 is 5.49 Å². The second-order valence-corrected chi connectivity index (χ2v) is 3.06. The third kappa shape index (κ3) is 1.15. The summed E-state index contributed by atoms with van der Waals surface area (Å²) in [6.45, 7) is 1.96. The van der Waals surface area contributed by atoms with Gasteiger partial charge in [0.05, 0.1) is 6.20 Å². The van der Waals surface area contributed by atoms with Gasteiger partial charge < -0.3 is 0 Å². The molecule has 2 aromatic heterocycles. The van der Waals surface area contributed by atoms with Crippen LogP contribution in [0.1, 0.15) is 11.1 Å². The summed E-state index contributed by atoms with van der Waals surface area (Å²) in [5.74, 6) is 0. The molecule has 0 radical (unpaired) electrons. The third-order valence-electron chi connectivity index (χ3n) is 2.03. The maximum Gasteiger partial charge on any atom is 0.150 e. The first kappa shape index (κ1) is 8.45. The van der Waals surface area contributed by atoms with Crippen molar-refractivity contribution in [2.75, 3.05) is 0 Å². The van der Waals surface area contributed by atoms with E-state index in [4.69, 9.17) is 10.7 Å². The highest BCUT2D eigenvalue weighted by Gasteiger charge is 1.99. The zero-order valence-corrected chi connectivity index (χ0v) is 7.65. The van der Waals surface area contributed by atoms with Crippen LogP contribution in [0.5, 0.6) is 0 Å². The van der Waals surface area contributed by atoms with Crippen LogP contribution in [-0.4, -0.2) is 9.38 Å². The number of aryl methyl sites for hydroxylation is 1. The van der Waals surface area contributed by atoms with Gasteiger partial charge >= 0.3 is 0 Å². The maximum absolute atomic E-state index is 8.71. The number of hydrogen-bond donors (Lipinski definition) is 1. The molecule has 0 aliphatic heterocycles. The van der Waals surface area contributed by atoms with E-state index in [1.165, 1.54) is 6.20 Å². The minimum absolute atomic E-state index is 0.178. The average Bonchev–Trinajstić information content (AvgIpc) is 2.18. The molecule has 2 heterocycles. The Balaban J connectivity index is 2.93. The lowest BCUT2D eigenvalue weighted by Crippen LogP contribution is -2.17. The summed E-state index contributed by atoms with van der Waals surface area (Å²) in [6, 6.07) is 5.69. The van der Waals surface area contributed by atoms with Gasteiger partial charge in [-0.15, -0.1) is 0 Å². The predicted molar refractivity (Wildman–Crippen MR) is 50.5 cm³/mol. The van der Waals surface area contributed by atoms with E-state index in [0.717, 1.165) is 5.56 Å². The molecule has 0 bridgehead atoms. The molecule has 0 unspecified atom stereocenters. The van der Waals surface area contributed by atoms with Crippen molar-refractivity contribution in [3.8, 4) is 6.07 Å². The first-order chi connectivity index (χ1) is 6.72.